The number of benzene rings is 1. The van der Waals surface area contributed by atoms with Gasteiger partial charge in [-0.05, 0) is 85.5 Å². The van der Waals surface area contributed by atoms with Gasteiger partial charge < -0.3 is 30.1 Å². The topological polar surface area (TPSA) is 147 Å². The minimum Gasteiger partial charge on any atom is -0.488 e. The minimum atomic E-state index is -1.39. The SMILES string of the molecule is O=C(N[C@H]1CCCC/C=C\[C@H]2C[C@@]2(C(=O)O)NC(=O)[C@@H]2C[C@@H](Oc3ccnc4c(Br)cccc34)CN2C(=O)C1)OC1CCCC1. The molecule has 2 aliphatic carbocycles. The molecule has 1 aromatic carbocycles. The minimum absolute atomic E-state index is 0.00998. The Kier molecular flexibility index (Phi) is 9.30. The van der Waals surface area contributed by atoms with E-state index in [-0.39, 0.29) is 37.3 Å². The Hall–Kier alpha value is -3.67. The predicted molar refractivity (Wildman–Crippen MR) is 168 cm³/mol. The van der Waals surface area contributed by atoms with Gasteiger partial charge in [-0.15, -0.1) is 0 Å². The van der Waals surface area contributed by atoms with E-state index in [1.807, 2.05) is 30.4 Å². The second-order valence-electron chi connectivity index (χ2n) is 12.6. The van der Waals surface area contributed by atoms with Gasteiger partial charge in [-0.1, -0.05) is 24.6 Å². The van der Waals surface area contributed by atoms with Crippen LogP contribution in [0.25, 0.3) is 10.9 Å². The monoisotopic (exact) mass is 682 g/mol. The molecule has 240 valence electrons. The number of nitrogens with one attached hydrogen (secondary N) is 2. The van der Waals surface area contributed by atoms with Crippen LogP contribution in [0.15, 0.2) is 47.1 Å². The van der Waals surface area contributed by atoms with Gasteiger partial charge in [0.25, 0.3) is 0 Å². The Bertz CT molecular complexity index is 1490. The van der Waals surface area contributed by atoms with E-state index in [4.69, 9.17) is 9.47 Å². The van der Waals surface area contributed by atoms with Gasteiger partial charge in [0.15, 0.2) is 0 Å². The highest BCUT2D eigenvalue weighted by molar-refractivity contribution is 9.10. The van der Waals surface area contributed by atoms with Gasteiger partial charge >= 0.3 is 12.1 Å². The molecule has 3 N–H and O–H groups in total. The predicted octanol–water partition coefficient (Wildman–Crippen LogP) is 4.86. The number of pyridine rings is 1. The molecular formula is C33H39BrN4O7. The molecule has 2 aromatic rings. The number of amides is 3. The van der Waals surface area contributed by atoms with E-state index in [2.05, 4.69) is 31.5 Å². The molecule has 1 saturated heterocycles. The summed E-state index contributed by atoms with van der Waals surface area (Å²) in [4.78, 5) is 58.7. The second kappa shape index (κ2) is 13.4. The lowest BCUT2D eigenvalue weighted by Crippen LogP contribution is -2.53. The van der Waals surface area contributed by atoms with Gasteiger partial charge in [-0.3, -0.25) is 14.6 Å². The Morgan fingerprint density at radius 2 is 1.89 bits per heavy atom. The normalized spacial score (nSPS) is 29.9. The average Bonchev–Trinajstić information content (AvgIpc) is 3.30. The number of halogens is 1. The summed E-state index contributed by atoms with van der Waals surface area (Å²) in [5, 5.41) is 16.6. The van der Waals surface area contributed by atoms with Gasteiger partial charge in [-0.2, -0.15) is 0 Å². The molecular weight excluding hydrogens is 644 g/mol. The number of ether oxygens (including phenoxy) is 2. The molecule has 0 radical (unpaired) electrons. The van der Waals surface area contributed by atoms with Gasteiger partial charge in [-0.25, -0.2) is 9.59 Å². The van der Waals surface area contributed by atoms with Crippen LogP contribution in [0.3, 0.4) is 0 Å². The lowest BCUT2D eigenvalue weighted by atomic mass is 10.0. The highest BCUT2D eigenvalue weighted by atomic mass is 79.9. The molecule has 0 unspecified atom stereocenters. The molecule has 0 bridgehead atoms. The number of hydrogen-bond donors (Lipinski definition) is 3. The van der Waals surface area contributed by atoms with Gasteiger partial charge in [0.05, 0.1) is 12.1 Å². The lowest BCUT2D eigenvalue weighted by Gasteiger charge is -2.27. The highest BCUT2D eigenvalue weighted by Crippen LogP contribution is 2.45. The zero-order chi connectivity index (χ0) is 31.6. The molecule has 2 aliphatic heterocycles. The lowest BCUT2D eigenvalue weighted by molar-refractivity contribution is -0.145. The number of alkyl carbamates (subject to hydrolysis) is 1. The van der Waals surface area contributed by atoms with Crippen molar-refractivity contribution in [1.29, 1.82) is 0 Å². The Morgan fingerprint density at radius 1 is 1.09 bits per heavy atom. The van der Waals surface area contributed by atoms with Crippen molar-refractivity contribution in [2.24, 2.45) is 5.92 Å². The van der Waals surface area contributed by atoms with Crippen molar-refractivity contribution in [3.8, 4) is 5.75 Å². The van der Waals surface area contributed by atoms with E-state index in [1.54, 1.807) is 12.3 Å². The number of carboxylic acid groups (broad SMARTS) is 1. The summed E-state index contributed by atoms with van der Waals surface area (Å²) < 4.78 is 12.8. The first-order chi connectivity index (χ1) is 21.7. The van der Waals surface area contributed by atoms with E-state index in [0.29, 0.717) is 18.6 Å². The number of carbonyl (C=O) groups excluding carboxylic acids is 3. The Morgan fingerprint density at radius 3 is 2.69 bits per heavy atom. The summed E-state index contributed by atoms with van der Waals surface area (Å²) in [6.07, 6.45) is 11.5. The quantitative estimate of drug-likeness (QED) is 0.379. The zero-order valence-electron chi connectivity index (χ0n) is 25.1. The van der Waals surface area contributed by atoms with Crippen LogP contribution in [-0.4, -0.2) is 75.2 Å². The van der Waals surface area contributed by atoms with Crippen LogP contribution >= 0.6 is 15.9 Å². The van der Waals surface area contributed by atoms with E-state index < -0.39 is 41.7 Å². The summed E-state index contributed by atoms with van der Waals surface area (Å²) in [5.74, 6) is -1.65. The van der Waals surface area contributed by atoms with Crippen LogP contribution in [0.5, 0.6) is 5.75 Å². The van der Waals surface area contributed by atoms with Gasteiger partial charge in [0, 0.05) is 40.9 Å². The number of aliphatic carboxylic acids is 1. The maximum atomic E-state index is 13.9. The van der Waals surface area contributed by atoms with Crippen molar-refractivity contribution in [3.63, 3.8) is 0 Å². The standard InChI is InChI=1S/C33H39BrN4O7/c34-25-13-7-12-24-27(14-15-35-29(24)25)44-23-17-26-30(40)37-33(31(41)42)18-20(33)8-3-1-2-4-9-21(16-28(39)38(26)19-23)36-32(43)45-22-10-5-6-11-22/h3,7-8,12-15,20-23,26H,1-2,4-6,9-11,16-19H2,(H,36,43)(H,37,40)(H,41,42)/b8-3-/t20-,21-,23+,26-,33+/m0/s1. The molecule has 0 spiro atoms. The fraction of sp³-hybridized carbons (Fsp3) is 0.545. The van der Waals surface area contributed by atoms with E-state index in [9.17, 15) is 24.3 Å². The summed E-state index contributed by atoms with van der Waals surface area (Å²) in [6, 6.07) is 6.02. The van der Waals surface area contributed by atoms with Crippen LogP contribution in [0, 0.1) is 5.92 Å². The van der Waals surface area contributed by atoms with Crippen LogP contribution in [0.1, 0.15) is 70.6 Å². The number of para-hydroxylation sites is 1. The number of carbonyl (C=O) groups is 4. The molecule has 5 atom stereocenters. The van der Waals surface area contributed by atoms with Crippen molar-refractivity contribution < 1.29 is 33.8 Å². The number of allylic oxidation sites excluding steroid dienone is 1. The fourth-order valence-electron chi connectivity index (χ4n) is 6.90. The molecule has 6 rings (SSSR count). The molecule has 3 fully saturated rings. The first-order valence-corrected chi connectivity index (χ1v) is 16.7. The van der Waals surface area contributed by atoms with Crippen LogP contribution in [-0.2, 0) is 19.1 Å². The molecule has 2 saturated carbocycles. The van der Waals surface area contributed by atoms with E-state index >= 15 is 0 Å². The molecule has 1 aromatic heterocycles. The van der Waals surface area contributed by atoms with Crippen molar-refractivity contribution >= 4 is 50.7 Å². The Balaban J connectivity index is 1.24. The molecule has 3 amide bonds. The molecule has 45 heavy (non-hydrogen) atoms. The zero-order valence-corrected chi connectivity index (χ0v) is 26.7. The third-order valence-electron chi connectivity index (χ3n) is 9.46. The van der Waals surface area contributed by atoms with Crippen LogP contribution in [0.4, 0.5) is 4.79 Å². The Labute approximate surface area is 270 Å². The molecule has 4 aliphatic rings. The largest absolute Gasteiger partial charge is 0.488 e. The van der Waals surface area contributed by atoms with Crippen LogP contribution in [0.2, 0.25) is 0 Å². The first kappa shape index (κ1) is 31.3. The summed E-state index contributed by atoms with van der Waals surface area (Å²) >= 11 is 3.53. The molecule has 3 heterocycles. The van der Waals surface area contributed by atoms with Gasteiger partial charge in [0.1, 0.15) is 29.5 Å². The molecule has 12 heteroatoms. The smallest absolute Gasteiger partial charge is 0.407 e. The summed E-state index contributed by atoms with van der Waals surface area (Å²) in [5.41, 5.74) is -0.658. The number of nitrogens with zero attached hydrogens (tertiary/aromatic N) is 2. The third kappa shape index (κ3) is 6.95. The number of rotatable bonds is 5. The number of fused-ring (bicyclic) bond motifs is 3. The number of hydrogen-bond acceptors (Lipinski definition) is 7. The average molecular weight is 684 g/mol. The van der Waals surface area contributed by atoms with E-state index in [1.165, 1.54) is 4.90 Å². The number of aromatic nitrogens is 1. The van der Waals surface area contributed by atoms with Crippen molar-refractivity contribution in [2.75, 3.05) is 6.54 Å². The highest BCUT2D eigenvalue weighted by Gasteiger charge is 2.61. The van der Waals surface area contributed by atoms with Gasteiger partial charge in [0.2, 0.25) is 11.8 Å². The summed E-state index contributed by atoms with van der Waals surface area (Å²) in [6.45, 7) is 0.136. The van der Waals surface area contributed by atoms with E-state index in [0.717, 1.165) is 60.3 Å². The van der Waals surface area contributed by atoms with Crippen LogP contribution < -0.4 is 15.4 Å². The van der Waals surface area contributed by atoms with Crippen molar-refractivity contribution in [1.82, 2.24) is 20.5 Å². The number of carboxylic acids is 1. The van der Waals surface area contributed by atoms with Crippen molar-refractivity contribution in [2.45, 2.75) is 100 Å². The fourth-order valence-corrected chi connectivity index (χ4v) is 7.36. The first-order valence-electron chi connectivity index (χ1n) is 15.9. The third-order valence-corrected chi connectivity index (χ3v) is 10.1. The molecule has 11 nitrogen and oxygen atoms in total. The second-order valence-corrected chi connectivity index (χ2v) is 13.5. The maximum Gasteiger partial charge on any atom is 0.407 e. The van der Waals surface area contributed by atoms with Crippen molar-refractivity contribution in [3.05, 3.63) is 47.1 Å². The maximum absolute atomic E-state index is 13.9. The summed E-state index contributed by atoms with van der Waals surface area (Å²) in [7, 11) is 0.